The van der Waals surface area contributed by atoms with Crippen molar-refractivity contribution in [3.8, 4) is 0 Å². The van der Waals surface area contributed by atoms with Gasteiger partial charge in [-0.3, -0.25) is 4.79 Å². The minimum Gasteiger partial charge on any atom is -0.396 e. The highest BCUT2D eigenvalue weighted by atomic mass is 16.3. The Balaban J connectivity index is 1.81. The maximum atomic E-state index is 12.4. The fourth-order valence-corrected chi connectivity index (χ4v) is 2.60. The fraction of sp³-hybridized carbons (Fsp3) is 0.333. The smallest absolute Gasteiger partial charge is 0.254 e. The van der Waals surface area contributed by atoms with E-state index in [1.165, 1.54) is 0 Å². The molecule has 0 aliphatic heterocycles. The lowest BCUT2D eigenvalue weighted by atomic mass is 10.1. The summed E-state index contributed by atoms with van der Waals surface area (Å²) in [5, 5.41) is 12.1. The summed E-state index contributed by atoms with van der Waals surface area (Å²) in [6, 6.07) is 5.51. The van der Waals surface area contributed by atoms with Crippen LogP contribution in [0.4, 0.5) is 0 Å². The van der Waals surface area contributed by atoms with E-state index in [-0.39, 0.29) is 24.5 Å². The molecule has 0 radical (unpaired) electrons. The Morgan fingerprint density at radius 1 is 1.50 bits per heavy atom. The van der Waals surface area contributed by atoms with Crippen LogP contribution in [0.2, 0.25) is 0 Å². The lowest BCUT2D eigenvalue weighted by Crippen LogP contribution is -2.33. The molecule has 1 aliphatic carbocycles. The number of aromatic amines is 1. The Kier molecular flexibility index (Phi) is 3.28. The van der Waals surface area contributed by atoms with E-state index in [0.29, 0.717) is 11.1 Å². The van der Waals surface area contributed by atoms with E-state index in [1.807, 2.05) is 31.2 Å². The van der Waals surface area contributed by atoms with Crippen molar-refractivity contribution in [1.82, 2.24) is 15.3 Å². The van der Waals surface area contributed by atoms with E-state index in [2.05, 4.69) is 15.3 Å². The van der Waals surface area contributed by atoms with Crippen molar-refractivity contribution in [3.05, 3.63) is 41.7 Å². The number of amides is 1. The molecule has 0 spiro atoms. The summed E-state index contributed by atoms with van der Waals surface area (Å²) in [6.07, 6.45) is 4.64. The molecule has 1 aromatic heterocycles. The van der Waals surface area contributed by atoms with Gasteiger partial charge in [0.2, 0.25) is 0 Å². The molecule has 1 aromatic carbocycles. The van der Waals surface area contributed by atoms with Gasteiger partial charge in [-0.15, -0.1) is 0 Å². The van der Waals surface area contributed by atoms with Crippen molar-refractivity contribution in [2.75, 3.05) is 6.61 Å². The Morgan fingerprint density at radius 3 is 3.10 bits per heavy atom. The van der Waals surface area contributed by atoms with Gasteiger partial charge in [0.1, 0.15) is 11.3 Å². The van der Waals surface area contributed by atoms with E-state index in [9.17, 15) is 4.79 Å². The van der Waals surface area contributed by atoms with Gasteiger partial charge in [0.05, 0.1) is 11.1 Å². The Morgan fingerprint density at radius 2 is 2.35 bits per heavy atom. The van der Waals surface area contributed by atoms with Crippen LogP contribution in [0.3, 0.4) is 0 Å². The molecule has 5 nitrogen and oxygen atoms in total. The van der Waals surface area contributed by atoms with Crippen LogP contribution in [0, 0.1) is 12.8 Å². The van der Waals surface area contributed by atoms with Crippen LogP contribution in [0.1, 0.15) is 22.6 Å². The molecular formula is C15H17N3O2. The molecule has 2 atom stereocenters. The Bertz CT molecular complexity index is 675. The molecular weight excluding hydrogens is 254 g/mol. The van der Waals surface area contributed by atoms with Crippen LogP contribution in [0.5, 0.6) is 0 Å². The molecule has 0 saturated carbocycles. The predicted octanol–water partition coefficient (Wildman–Crippen LogP) is 1.54. The number of carbonyl (C=O) groups excluding carboxylic acids is 1. The predicted molar refractivity (Wildman–Crippen MR) is 76.4 cm³/mol. The number of rotatable bonds is 3. The van der Waals surface area contributed by atoms with Gasteiger partial charge in [-0.2, -0.15) is 0 Å². The molecule has 3 N–H and O–H groups in total. The Labute approximate surface area is 116 Å². The number of carbonyl (C=O) groups is 1. The van der Waals surface area contributed by atoms with Gasteiger partial charge in [0.25, 0.3) is 5.91 Å². The van der Waals surface area contributed by atoms with Gasteiger partial charge >= 0.3 is 0 Å². The second-order valence-electron chi connectivity index (χ2n) is 5.17. The number of para-hydroxylation sites is 1. The van der Waals surface area contributed by atoms with Crippen molar-refractivity contribution in [2.24, 2.45) is 5.92 Å². The molecule has 0 fully saturated rings. The van der Waals surface area contributed by atoms with E-state index in [4.69, 9.17) is 5.11 Å². The number of hydrogen-bond acceptors (Lipinski definition) is 3. The number of H-pyrrole nitrogens is 1. The summed E-state index contributed by atoms with van der Waals surface area (Å²) in [5.41, 5.74) is 2.14. The maximum Gasteiger partial charge on any atom is 0.254 e. The number of aryl methyl sites for hydroxylation is 1. The van der Waals surface area contributed by atoms with Gasteiger partial charge in [-0.25, -0.2) is 4.98 Å². The molecule has 104 valence electrons. The zero-order valence-corrected chi connectivity index (χ0v) is 11.3. The number of aliphatic hydroxyl groups is 1. The second-order valence-corrected chi connectivity index (χ2v) is 5.17. The molecule has 3 rings (SSSR count). The third-order valence-corrected chi connectivity index (χ3v) is 3.60. The van der Waals surface area contributed by atoms with Crippen LogP contribution in [-0.2, 0) is 0 Å². The second kappa shape index (κ2) is 5.09. The summed E-state index contributed by atoms with van der Waals surface area (Å²) in [6.45, 7) is 1.99. The molecule has 1 amide bonds. The summed E-state index contributed by atoms with van der Waals surface area (Å²) >= 11 is 0. The van der Waals surface area contributed by atoms with Gasteiger partial charge in [-0.1, -0.05) is 18.2 Å². The average molecular weight is 271 g/mol. The van der Waals surface area contributed by atoms with Crippen LogP contribution < -0.4 is 5.32 Å². The zero-order valence-electron chi connectivity index (χ0n) is 11.3. The minimum atomic E-state index is -0.129. The van der Waals surface area contributed by atoms with Gasteiger partial charge in [-0.05, 0) is 25.5 Å². The number of benzene rings is 1. The number of hydrogen-bond donors (Lipinski definition) is 3. The summed E-state index contributed by atoms with van der Waals surface area (Å²) < 4.78 is 0. The number of nitrogens with zero attached hydrogens (tertiary/aromatic N) is 1. The minimum absolute atomic E-state index is 0.0186. The molecule has 1 aliphatic rings. The molecule has 20 heavy (non-hydrogen) atoms. The number of aliphatic hydroxyl groups excluding tert-OH is 1. The molecule has 0 bridgehead atoms. The summed E-state index contributed by atoms with van der Waals surface area (Å²) in [7, 11) is 0. The number of aromatic nitrogens is 2. The van der Waals surface area contributed by atoms with Crippen LogP contribution in [0.15, 0.2) is 30.4 Å². The number of imidazole rings is 1. The van der Waals surface area contributed by atoms with Crippen molar-refractivity contribution in [2.45, 2.75) is 19.4 Å². The van der Waals surface area contributed by atoms with Crippen molar-refractivity contribution < 1.29 is 9.90 Å². The topological polar surface area (TPSA) is 78.0 Å². The average Bonchev–Trinajstić information content (AvgIpc) is 3.02. The van der Waals surface area contributed by atoms with E-state index in [1.54, 1.807) is 6.07 Å². The normalized spacial score (nSPS) is 21.5. The zero-order chi connectivity index (χ0) is 14.1. The summed E-state index contributed by atoms with van der Waals surface area (Å²) in [5.74, 6) is 0.806. The maximum absolute atomic E-state index is 12.4. The molecule has 0 unspecified atom stereocenters. The number of nitrogens with one attached hydrogen (secondary N) is 2. The third kappa shape index (κ3) is 2.32. The number of fused-ring (bicyclic) bond motifs is 1. The quantitative estimate of drug-likeness (QED) is 0.741. The molecule has 2 aromatic rings. The van der Waals surface area contributed by atoms with E-state index < -0.39 is 0 Å². The lowest BCUT2D eigenvalue weighted by Gasteiger charge is -2.12. The lowest BCUT2D eigenvalue weighted by molar-refractivity contribution is 0.0942. The third-order valence-electron chi connectivity index (χ3n) is 3.60. The molecule has 0 saturated heterocycles. The first-order chi connectivity index (χ1) is 9.67. The molecule has 1 heterocycles. The molecule has 5 heteroatoms. The monoisotopic (exact) mass is 271 g/mol. The first-order valence-corrected chi connectivity index (χ1v) is 6.73. The summed E-state index contributed by atoms with van der Waals surface area (Å²) in [4.78, 5) is 19.8. The highest BCUT2D eigenvalue weighted by Gasteiger charge is 2.21. The highest BCUT2D eigenvalue weighted by molar-refractivity contribution is 6.05. The van der Waals surface area contributed by atoms with Crippen molar-refractivity contribution in [1.29, 1.82) is 0 Å². The first kappa shape index (κ1) is 12.9. The van der Waals surface area contributed by atoms with Crippen LogP contribution in [0.25, 0.3) is 11.0 Å². The Hall–Kier alpha value is -2.14. The van der Waals surface area contributed by atoms with Gasteiger partial charge in [0.15, 0.2) is 0 Å². The fourth-order valence-electron chi connectivity index (χ4n) is 2.60. The first-order valence-electron chi connectivity index (χ1n) is 6.73. The van der Waals surface area contributed by atoms with Crippen molar-refractivity contribution >= 4 is 16.9 Å². The van der Waals surface area contributed by atoms with Gasteiger partial charge < -0.3 is 15.4 Å². The standard InChI is InChI=1S/C15H17N3O2/c1-9-16-13-4-2-3-12(14(13)17-9)15(20)18-11-6-5-10(7-11)8-19/h2-6,10-11,19H,7-8H2,1H3,(H,16,17)(H,18,20)/t10-,11+/m0/s1. The van der Waals surface area contributed by atoms with Crippen LogP contribution in [-0.4, -0.2) is 33.6 Å². The van der Waals surface area contributed by atoms with E-state index >= 15 is 0 Å². The largest absolute Gasteiger partial charge is 0.396 e. The van der Waals surface area contributed by atoms with Gasteiger partial charge in [0, 0.05) is 18.6 Å². The van der Waals surface area contributed by atoms with E-state index in [0.717, 1.165) is 17.8 Å². The highest BCUT2D eigenvalue weighted by Crippen LogP contribution is 2.19. The van der Waals surface area contributed by atoms with Crippen LogP contribution >= 0.6 is 0 Å². The SMILES string of the molecule is Cc1nc2c(C(=O)N[C@@H]3C=C[C@H](CO)C3)cccc2[nH]1. The van der Waals surface area contributed by atoms with Crippen molar-refractivity contribution in [3.63, 3.8) is 0 Å².